The minimum Gasteiger partial charge on any atom is -0.465 e. The fourth-order valence-corrected chi connectivity index (χ4v) is 1.70. The molecule has 0 aliphatic carbocycles. The maximum Gasteiger partial charge on any atom is 0.573 e. The number of esters is 1. The van der Waals surface area contributed by atoms with E-state index >= 15 is 0 Å². The van der Waals surface area contributed by atoms with Gasteiger partial charge in [-0.05, 0) is 29.5 Å². The van der Waals surface area contributed by atoms with Gasteiger partial charge in [-0.15, -0.1) is 13.2 Å². The normalized spacial score (nSPS) is 11.2. The van der Waals surface area contributed by atoms with E-state index in [-0.39, 0.29) is 14.8 Å². The van der Waals surface area contributed by atoms with Crippen molar-refractivity contribution in [2.24, 2.45) is 0 Å². The number of hydrogen-bond acceptors (Lipinski definition) is 4. The van der Waals surface area contributed by atoms with Crippen molar-refractivity contribution in [3.8, 4) is 5.75 Å². The largest absolute Gasteiger partial charge is 0.573 e. The molecule has 0 amide bonds. The van der Waals surface area contributed by atoms with Crippen LogP contribution >= 0.6 is 22.6 Å². The molecule has 1 heterocycles. The summed E-state index contributed by atoms with van der Waals surface area (Å²) in [5, 5.41) is 0. The number of aromatic nitrogens is 1. The van der Waals surface area contributed by atoms with Gasteiger partial charge in [0.1, 0.15) is 9.26 Å². The van der Waals surface area contributed by atoms with E-state index in [4.69, 9.17) is 0 Å². The monoisotopic (exact) mass is 361 g/mol. The number of aryl methyl sites for hydroxylation is 1. The first-order valence-corrected chi connectivity index (χ1v) is 5.33. The highest BCUT2D eigenvalue weighted by atomic mass is 127. The van der Waals surface area contributed by atoms with Crippen LogP contribution in [0.25, 0.3) is 0 Å². The van der Waals surface area contributed by atoms with Crippen LogP contribution in [-0.4, -0.2) is 24.4 Å². The Morgan fingerprint density at radius 1 is 1.47 bits per heavy atom. The second-order valence-electron chi connectivity index (χ2n) is 2.98. The highest BCUT2D eigenvalue weighted by molar-refractivity contribution is 14.1. The Kier molecular flexibility index (Phi) is 4.17. The Labute approximate surface area is 108 Å². The molecule has 0 spiro atoms. The number of alkyl halides is 3. The van der Waals surface area contributed by atoms with E-state index in [1.54, 1.807) is 22.6 Å². The van der Waals surface area contributed by atoms with Crippen molar-refractivity contribution in [1.82, 2.24) is 4.98 Å². The predicted molar refractivity (Wildman–Crippen MR) is 59.7 cm³/mol. The second-order valence-corrected chi connectivity index (χ2v) is 4.00. The molecule has 0 saturated carbocycles. The topological polar surface area (TPSA) is 48.4 Å². The average molecular weight is 361 g/mol. The minimum atomic E-state index is -4.88. The molecule has 0 unspecified atom stereocenters. The number of carbonyl (C=O) groups is 1. The minimum absolute atomic E-state index is 0.0827. The Bertz CT molecular complexity index is 448. The summed E-state index contributed by atoms with van der Waals surface area (Å²) in [6.07, 6.45) is -3.69. The van der Waals surface area contributed by atoms with E-state index in [9.17, 15) is 18.0 Å². The summed E-state index contributed by atoms with van der Waals surface area (Å²) in [6, 6.07) is 0. The molecular weight excluding hydrogens is 354 g/mol. The van der Waals surface area contributed by atoms with Crippen LogP contribution in [0.2, 0.25) is 0 Å². The van der Waals surface area contributed by atoms with E-state index in [0.29, 0.717) is 0 Å². The summed E-state index contributed by atoms with van der Waals surface area (Å²) in [5.74, 6) is -1.51. The highest BCUT2D eigenvalue weighted by Gasteiger charge is 2.35. The number of nitrogens with zero attached hydrogens (tertiary/aromatic N) is 1. The zero-order chi connectivity index (χ0) is 13.2. The summed E-state index contributed by atoms with van der Waals surface area (Å²) in [4.78, 5) is 15.2. The first-order valence-electron chi connectivity index (χ1n) is 4.25. The van der Waals surface area contributed by atoms with Gasteiger partial charge in [0.25, 0.3) is 0 Å². The van der Waals surface area contributed by atoms with Crippen LogP contribution in [0.4, 0.5) is 13.2 Å². The molecule has 17 heavy (non-hydrogen) atoms. The Morgan fingerprint density at radius 2 is 2.06 bits per heavy atom. The van der Waals surface area contributed by atoms with Gasteiger partial charge in [0.2, 0.25) is 0 Å². The molecule has 0 bridgehead atoms. The van der Waals surface area contributed by atoms with Gasteiger partial charge in [-0.3, -0.25) is 0 Å². The van der Waals surface area contributed by atoms with Crippen molar-refractivity contribution in [3.05, 3.63) is 21.0 Å². The lowest BCUT2D eigenvalue weighted by atomic mass is 10.2. The third-order valence-corrected chi connectivity index (χ3v) is 2.59. The number of pyridine rings is 1. The van der Waals surface area contributed by atoms with Crippen LogP contribution in [0, 0.1) is 10.6 Å². The number of rotatable bonds is 2. The first kappa shape index (κ1) is 14.0. The molecule has 1 aromatic heterocycles. The average Bonchev–Trinajstić information content (AvgIpc) is 2.21. The SMILES string of the molecule is COC(=O)c1c(I)ncc(C)c1OC(F)(F)F. The van der Waals surface area contributed by atoms with Crippen LogP contribution in [0.1, 0.15) is 15.9 Å². The van der Waals surface area contributed by atoms with Crippen LogP contribution in [0.15, 0.2) is 6.20 Å². The van der Waals surface area contributed by atoms with Crippen molar-refractivity contribution in [2.45, 2.75) is 13.3 Å². The molecule has 0 atom stereocenters. The Hall–Kier alpha value is -1.06. The molecule has 0 radical (unpaired) electrons. The maximum atomic E-state index is 12.2. The molecule has 8 heteroatoms. The number of halogens is 4. The molecule has 4 nitrogen and oxygen atoms in total. The summed E-state index contributed by atoms with van der Waals surface area (Å²) in [6.45, 7) is 1.36. The number of hydrogen-bond donors (Lipinski definition) is 0. The van der Waals surface area contributed by atoms with Crippen LogP contribution < -0.4 is 4.74 Å². The standard InChI is InChI=1S/C9H7F3INO3/c1-4-3-14-7(13)5(8(15)16-2)6(4)17-9(10,11)12/h3H,1-2H3. The third kappa shape index (κ3) is 3.45. The van der Waals surface area contributed by atoms with Crippen molar-refractivity contribution >= 4 is 28.6 Å². The number of methoxy groups -OCH3 is 1. The van der Waals surface area contributed by atoms with E-state index < -0.39 is 18.1 Å². The predicted octanol–water partition coefficient (Wildman–Crippen LogP) is 2.68. The van der Waals surface area contributed by atoms with Crippen LogP contribution in [0.3, 0.4) is 0 Å². The van der Waals surface area contributed by atoms with E-state index in [1.165, 1.54) is 13.1 Å². The van der Waals surface area contributed by atoms with Gasteiger partial charge in [0.15, 0.2) is 5.75 Å². The molecule has 0 fully saturated rings. The molecule has 0 saturated heterocycles. The lowest BCUT2D eigenvalue weighted by molar-refractivity contribution is -0.275. The van der Waals surface area contributed by atoms with Crippen molar-refractivity contribution < 1.29 is 27.4 Å². The molecular formula is C9H7F3INO3. The van der Waals surface area contributed by atoms with Crippen LogP contribution in [-0.2, 0) is 4.74 Å². The van der Waals surface area contributed by atoms with Crippen molar-refractivity contribution in [2.75, 3.05) is 7.11 Å². The molecule has 0 aromatic carbocycles. The Balaban J connectivity index is 3.35. The van der Waals surface area contributed by atoms with Gasteiger partial charge < -0.3 is 9.47 Å². The van der Waals surface area contributed by atoms with E-state index in [2.05, 4.69) is 14.5 Å². The lowest BCUT2D eigenvalue weighted by Crippen LogP contribution is -2.21. The summed E-state index contributed by atoms with van der Waals surface area (Å²) in [7, 11) is 1.07. The fraction of sp³-hybridized carbons (Fsp3) is 0.333. The van der Waals surface area contributed by atoms with Crippen molar-refractivity contribution in [1.29, 1.82) is 0 Å². The zero-order valence-electron chi connectivity index (χ0n) is 8.76. The van der Waals surface area contributed by atoms with Gasteiger partial charge in [-0.2, -0.15) is 0 Å². The van der Waals surface area contributed by atoms with Gasteiger partial charge in [-0.25, -0.2) is 9.78 Å². The highest BCUT2D eigenvalue weighted by Crippen LogP contribution is 2.31. The zero-order valence-corrected chi connectivity index (χ0v) is 10.9. The summed E-state index contributed by atoms with van der Waals surface area (Å²) < 4.78 is 44.9. The van der Waals surface area contributed by atoms with E-state index in [1.807, 2.05) is 0 Å². The second kappa shape index (κ2) is 5.07. The van der Waals surface area contributed by atoms with Gasteiger partial charge in [-0.1, -0.05) is 0 Å². The van der Waals surface area contributed by atoms with Gasteiger partial charge in [0, 0.05) is 11.8 Å². The van der Waals surface area contributed by atoms with E-state index in [0.717, 1.165) is 7.11 Å². The maximum absolute atomic E-state index is 12.2. The first-order chi connectivity index (χ1) is 7.76. The molecule has 0 N–H and O–H groups in total. The molecule has 0 aliphatic rings. The summed E-state index contributed by atoms with van der Waals surface area (Å²) in [5.41, 5.74) is -0.228. The fourth-order valence-electron chi connectivity index (χ4n) is 1.09. The summed E-state index contributed by atoms with van der Waals surface area (Å²) >= 11 is 1.63. The molecule has 94 valence electrons. The van der Waals surface area contributed by atoms with Gasteiger partial charge in [0.05, 0.1) is 7.11 Å². The smallest absolute Gasteiger partial charge is 0.465 e. The number of ether oxygens (including phenoxy) is 2. The Morgan fingerprint density at radius 3 is 2.53 bits per heavy atom. The molecule has 1 rings (SSSR count). The quantitative estimate of drug-likeness (QED) is 0.462. The third-order valence-electron chi connectivity index (χ3n) is 1.77. The molecule has 1 aromatic rings. The lowest BCUT2D eigenvalue weighted by Gasteiger charge is -2.14. The molecule has 0 aliphatic heterocycles. The van der Waals surface area contributed by atoms with Crippen molar-refractivity contribution in [3.63, 3.8) is 0 Å². The number of carbonyl (C=O) groups excluding carboxylic acids is 1. The van der Waals surface area contributed by atoms with Gasteiger partial charge >= 0.3 is 12.3 Å². The van der Waals surface area contributed by atoms with Crippen LogP contribution in [0.5, 0.6) is 5.75 Å².